The lowest BCUT2D eigenvalue weighted by molar-refractivity contribution is -0.142. The number of aliphatic hydroxyl groups is 1. The van der Waals surface area contributed by atoms with Crippen molar-refractivity contribution < 1.29 is 34.5 Å². The quantitative estimate of drug-likeness (QED) is 0.107. The van der Waals surface area contributed by atoms with Crippen LogP contribution in [0.1, 0.15) is 30.4 Å². The summed E-state index contributed by atoms with van der Waals surface area (Å²) in [5.41, 5.74) is 31.3. The summed E-state index contributed by atoms with van der Waals surface area (Å²) < 4.78 is 0. The van der Waals surface area contributed by atoms with E-state index in [1.54, 1.807) is 24.3 Å². The molecular formula is C32H49N9O7. The molecule has 16 N–H and O–H groups in total. The van der Waals surface area contributed by atoms with Gasteiger partial charge in [-0.05, 0) is 65.9 Å². The molecule has 264 valence electrons. The Hall–Kier alpha value is -4.32. The van der Waals surface area contributed by atoms with Gasteiger partial charge in [-0.2, -0.15) is 0 Å². The van der Waals surface area contributed by atoms with Crippen molar-refractivity contribution in [2.24, 2.45) is 28.7 Å². The van der Waals surface area contributed by atoms with Crippen molar-refractivity contribution in [2.45, 2.75) is 68.4 Å². The number of hydrogen-bond donors (Lipinski definition) is 11. The van der Waals surface area contributed by atoms with Gasteiger partial charge in [-0.15, -0.1) is 0 Å². The fraction of sp³-hybridized carbons (Fsp3) is 0.500. The number of carbonyl (C=O) groups is 4. The maximum atomic E-state index is 13.9. The molecule has 0 fully saturated rings. The normalized spacial score (nSPS) is 20.5. The van der Waals surface area contributed by atoms with Gasteiger partial charge in [-0.3, -0.25) is 19.2 Å². The molecule has 0 radical (unpaired) electrons. The van der Waals surface area contributed by atoms with Gasteiger partial charge in [0.05, 0.1) is 12.1 Å². The molecular weight excluding hydrogens is 622 g/mol. The van der Waals surface area contributed by atoms with Crippen molar-refractivity contribution in [3.8, 4) is 22.6 Å². The standard InChI is InChI=1S/C32H49N9O7/c1-41-26(31(47)39-16-24(37)29(45)38-15-21(35)3-2-8-33)12-20-10-18(5-7-28(20)44)17-4-6-27(43)19(9-17)11-23(36)30(46)40-25(32(41)48)13-22(42)14-34/h4-7,9-10,21-26,42-44H,2-3,8,11-16,33-37H2,1H3,(H,38,45)(H,39,47)(H,40,46)/t21-,22+,23-,24-,25-,26-/m0/s1. The fourth-order valence-corrected chi connectivity index (χ4v) is 5.33. The van der Waals surface area contributed by atoms with E-state index in [1.807, 2.05) is 0 Å². The molecule has 0 saturated carbocycles. The average molecular weight is 672 g/mol. The number of carbonyl (C=O) groups excluding carboxylic acids is 4. The molecule has 4 amide bonds. The summed E-state index contributed by atoms with van der Waals surface area (Å²) in [6, 6.07) is 4.24. The number of rotatable bonds is 12. The molecule has 2 aromatic rings. The molecule has 3 rings (SSSR count). The van der Waals surface area contributed by atoms with Crippen LogP contribution >= 0.6 is 0 Å². The summed E-state index contributed by atoms with van der Waals surface area (Å²) in [7, 11) is 1.34. The molecule has 1 aliphatic rings. The van der Waals surface area contributed by atoms with Gasteiger partial charge in [0, 0.05) is 52.0 Å². The number of nitrogens with zero attached hydrogens (tertiary/aromatic N) is 1. The van der Waals surface area contributed by atoms with E-state index < -0.39 is 53.9 Å². The van der Waals surface area contributed by atoms with Gasteiger partial charge in [0.2, 0.25) is 23.6 Å². The number of benzene rings is 2. The largest absolute Gasteiger partial charge is 0.508 e. The molecule has 1 aliphatic heterocycles. The Morgan fingerprint density at radius 2 is 1.58 bits per heavy atom. The van der Waals surface area contributed by atoms with Crippen molar-refractivity contribution in [1.29, 1.82) is 0 Å². The SMILES string of the molecule is CN1C(=O)[C@H](C[C@@H](O)CN)NC(=O)[C@@H](N)Cc2cc(ccc2O)-c2ccc(O)c(c2)C[C@H]1C(=O)NC[C@H](N)C(=O)NC[C@@H](N)CCCN. The van der Waals surface area contributed by atoms with Gasteiger partial charge in [-0.25, -0.2) is 0 Å². The van der Waals surface area contributed by atoms with E-state index >= 15 is 0 Å². The summed E-state index contributed by atoms with van der Waals surface area (Å²) in [4.78, 5) is 54.5. The highest BCUT2D eigenvalue weighted by Crippen LogP contribution is 2.31. The minimum atomic E-state index is -1.34. The number of likely N-dealkylation sites (N-methyl/N-ethyl adjacent to an activating group) is 1. The van der Waals surface area contributed by atoms with E-state index in [1.165, 1.54) is 19.2 Å². The van der Waals surface area contributed by atoms with Crippen LogP contribution in [0.25, 0.3) is 11.1 Å². The van der Waals surface area contributed by atoms with Crippen molar-refractivity contribution in [1.82, 2.24) is 20.9 Å². The number of phenolic OH excluding ortho intramolecular Hbond substituents is 2. The lowest BCUT2D eigenvalue weighted by Crippen LogP contribution is -2.58. The summed E-state index contributed by atoms with van der Waals surface area (Å²) in [6.07, 6.45) is -0.418. The molecule has 2 aromatic carbocycles. The second kappa shape index (κ2) is 17.7. The molecule has 0 saturated heterocycles. The van der Waals surface area contributed by atoms with Gasteiger partial charge in [-0.1, -0.05) is 12.1 Å². The maximum absolute atomic E-state index is 13.9. The van der Waals surface area contributed by atoms with E-state index in [4.69, 9.17) is 28.7 Å². The van der Waals surface area contributed by atoms with Gasteiger partial charge in [0.1, 0.15) is 29.6 Å². The van der Waals surface area contributed by atoms with Gasteiger partial charge < -0.3 is 64.8 Å². The highest BCUT2D eigenvalue weighted by atomic mass is 16.3. The fourth-order valence-electron chi connectivity index (χ4n) is 5.33. The lowest BCUT2D eigenvalue weighted by atomic mass is 9.95. The molecule has 16 heteroatoms. The Labute approximate surface area is 279 Å². The van der Waals surface area contributed by atoms with Crippen LogP contribution in [0.3, 0.4) is 0 Å². The van der Waals surface area contributed by atoms with E-state index in [9.17, 15) is 34.5 Å². The Morgan fingerprint density at radius 3 is 2.17 bits per heavy atom. The van der Waals surface area contributed by atoms with Crippen LogP contribution in [0.15, 0.2) is 36.4 Å². The Kier molecular flexibility index (Phi) is 14.1. The molecule has 48 heavy (non-hydrogen) atoms. The predicted octanol–water partition coefficient (Wildman–Crippen LogP) is -3.16. The molecule has 6 atom stereocenters. The van der Waals surface area contributed by atoms with Crippen LogP contribution < -0.4 is 44.6 Å². The number of fused-ring (bicyclic) bond motifs is 5. The zero-order chi connectivity index (χ0) is 35.5. The Balaban J connectivity index is 1.96. The predicted molar refractivity (Wildman–Crippen MR) is 179 cm³/mol. The zero-order valence-electron chi connectivity index (χ0n) is 27.1. The van der Waals surface area contributed by atoms with Gasteiger partial charge in [0.15, 0.2) is 0 Å². The second-order valence-electron chi connectivity index (χ2n) is 12.1. The highest BCUT2D eigenvalue weighted by molar-refractivity contribution is 5.93. The van der Waals surface area contributed by atoms with Crippen LogP contribution in [0.5, 0.6) is 11.5 Å². The van der Waals surface area contributed by atoms with E-state index in [0.717, 1.165) is 4.90 Å². The maximum Gasteiger partial charge on any atom is 0.245 e. The van der Waals surface area contributed by atoms with E-state index in [2.05, 4.69) is 16.0 Å². The van der Waals surface area contributed by atoms with Gasteiger partial charge >= 0.3 is 0 Å². The van der Waals surface area contributed by atoms with Crippen LogP contribution in [0, 0.1) is 0 Å². The molecule has 0 aliphatic carbocycles. The second-order valence-corrected chi connectivity index (χ2v) is 12.1. The molecule has 1 heterocycles. The van der Waals surface area contributed by atoms with Crippen LogP contribution in [0.4, 0.5) is 0 Å². The number of hydrogen-bond acceptors (Lipinski definition) is 12. The summed E-state index contributed by atoms with van der Waals surface area (Å²) in [6.45, 7) is 0.145. The zero-order valence-corrected chi connectivity index (χ0v) is 27.1. The van der Waals surface area contributed by atoms with Crippen molar-refractivity contribution in [2.75, 3.05) is 33.2 Å². The number of nitrogens with two attached hydrogens (primary N) is 5. The third kappa shape index (κ3) is 10.3. The summed E-state index contributed by atoms with van der Waals surface area (Å²) in [5, 5.41) is 39.5. The minimum Gasteiger partial charge on any atom is -0.508 e. The highest BCUT2D eigenvalue weighted by Gasteiger charge is 2.35. The molecule has 0 aromatic heterocycles. The number of nitrogens with one attached hydrogen (secondary N) is 3. The molecule has 0 spiro atoms. The first-order chi connectivity index (χ1) is 22.7. The van der Waals surface area contributed by atoms with Crippen LogP contribution in [-0.4, -0.2) is 113 Å². The molecule has 16 nitrogen and oxygen atoms in total. The number of amides is 4. The van der Waals surface area contributed by atoms with E-state index in [-0.39, 0.29) is 56.4 Å². The van der Waals surface area contributed by atoms with Crippen molar-refractivity contribution >= 4 is 23.6 Å². The smallest absolute Gasteiger partial charge is 0.245 e. The third-order valence-electron chi connectivity index (χ3n) is 8.34. The monoisotopic (exact) mass is 671 g/mol. The summed E-state index contributed by atoms with van der Waals surface area (Å²) in [5.74, 6) is -2.95. The molecule has 0 unspecified atom stereocenters. The number of aliphatic hydroxyl groups excluding tert-OH is 1. The first-order valence-corrected chi connectivity index (χ1v) is 15.9. The topological polar surface area (TPSA) is 298 Å². The van der Waals surface area contributed by atoms with E-state index in [0.29, 0.717) is 41.6 Å². The number of aromatic hydroxyl groups is 2. The first kappa shape index (κ1) is 38.1. The van der Waals surface area contributed by atoms with Crippen molar-refractivity contribution in [3.05, 3.63) is 47.5 Å². The van der Waals surface area contributed by atoms with Crippen LogP contribution in [0.2, 0.25) is 0 Å². The summed E-state index contributed by atoms with van der Waals surface area (Å²) >= 11 is 0. The van der Waals surface area contributed by atoms with Crippen LogP contribution in [-0.2, 0) is 32.0 Å². The molecule has 4 bridgehead atoms. The number of phenols is 2. The average Bonchev–Trinajstić information content (AvgIpc) is 3.07. The van der Waals surface area contributed by atoms with Crippen molar-refractivity contribution in [3.63, 3.8) is 0 Å². The van der Waals surface area contributed by atoms with Gasteiger partial charge in [0.25, 0.3) is 0 Å². The lowest BCUT2D eigenvalue weighted by Gasteiger charge is -2.32. The Bertz CT molecular complexity index is 1440. The first-order valence-electron chi connectivity index (χ1n) is 15.9. The third-order valence-corrected chi connectivity index (χ3v) is 8.34. The minimum absolute atomic E-state index is 0.0782. The Morgan fingerprint density at radius 1 is 0.979 bits per heavy atom.